The molecule has 0 radical (unpaired) electrons. The van der Waals surface area contributed by atoms with Crippen molar-refractivity contribution in [2.75, 3.05) is 30.4 Å². The normalized spacial score (nSPS) is 15.9. The zero-order valence-electron chi connectivity index (χ0n) is 18.3. The summed E-state index contributed by atoms with van der Waals surface area (Å²) in [6, 6.07) is 10.9. The maximum atomic E-state index is 13.2. The third kappa shape index (κ3) is 5.19. The first kappa shape index (κ1) is 22.4. The number of benzene rings is 2. The van der Waals surface area contributed by atoms with Gasteiger partial charge in [0.05, 0.1) is 30.6 Å². The van der Waals surface area contributed by atoms with Crippen LogP contribution in [0.1, 0.15) is 41.6 Å². The minimum atomic E-state index is -0.496. The van der Waals surface area contributed by atoms with Crippen LogP contribution in [0.3, 0.4) is 0 Å². The van der Waals surface area contributed by atoms with Crippen molar-refractivity contribution < 1.29 is 23.5 Å². The summed E-state index contributed by atoms with van der Waals surface area (Å²) in [5, 5.41) is 8.38. The van der Waals surface area contributed by atoms with E-state index >= 15 is 0 Å². The Morgan fingerprint density at radius 2 is 1.82 bits per heavy atom. The second kappa shape index (κ2) is 9.81. The number of methoxy groups -OCH3 is 1. The van der Waals surface area contributed by atoms with Crippen molar-refractivity contribution in [3.8, 4) is 0 Å². The Hall–Kier alpha value is -3.75. The van der Waals surface area contributed by atoms with Gasteiger partial charge in [-0.2, -0.15) is 5.10 Å². The fourth-order valence-corrected chi connectivity index (χ4v) is 3.96. The summed E-state index contributed by atoms with van der Waals surface area (Å²) in [6.45, 7) is 1.87. The number of hydrazone groups is 1. The Balaban J connectivity index is 1.56. The van der Waals surface area contributed by atoms with Crippen LogP contribution in [0.15, 0.2) is 47.6 Å². The maximum Gasteiger partial charge on any atom is 0.337 e. The summed E-state index contributed by atoms with van der Waals surface area (Å²) in [6.07, 6.45) is 2.47. The molecule has 33 heavy (non-hydrogen) atoms. The molecule has 8 nitrogen and oxygen atoms in total. The Morgan fingerprint density at radius 3 is 2.52 bits per heavy atom. The van der Waals surface area contributed by atoms with Crippen molar-refractivity contribution in [3.05, 3.63) is 59.4 Å². The zero-order valence-corrected chi connectivity index (χ0v) is 18.3. The van der Waals surface area contributed by atoms with Crippen molar-refractivity contribution in [3.63, 3.8) is 0 Å². The van der Waals surface area contributed by atoms with Gasteiger partial charge in [0.1, 0.15) is 11.5 Å². The maximum absolute atomic E-state index is 13.2. The van der Waals surface area contributed by atoms with Gasteiger partial charge in [-0.1, -0.05) is 12.1 Å². The van der Waals surface area contributed by atoms with Crippen LogP contribution in [-0.4, -0.2) is 48.7 Å². The molecule has 2 aromatic rings. The van der Waals surface area contributed by atoms with E-state index in [9.17, 15) is 18.8 Å². The van der Waals surface area contributed by atoms with E-state index in [4.69, 9.17) is 4.74 Å². The number of amides is 2. The Labute approximate surface area is 191 Å². The quantitative estimate of drug-likeness (QED) is 0.679. The summed E-state index contributed by atoms with van der Waals surface area (Å²) < 4.78 is 18.0. The van der Waals surface area contributed by atoms with Crippen molar-refractivity contribution in [2.24, 2.45) is 5.10 Å². The molecule has 2 aromatic carbocycles. The summed E-state index contributed by atoms with van der Waals surface area (Å²) in [7, 11) is 1.30. The highest BCUT2D eigenvalue weighted by Gasteiger charge is 2.26. The van der Waals surface area contributed by atoms with Crippen LogP contribution in [0.2, 0.25) is 0 Å². The average molecular weight is 452 g/mol. The van der Waals surface area contributed by atoms with Gasteiger partial charge in [0.25, 0.3) is 5.91 Å². The van der Waals surface area contributed by atoms with Gasteiger partial charge in [0.2, 0.25) is 5.91 Å². The van der Waals surface area contributed by atoms with Crippen LogP contribution in [0.4, 0.5) is 15.8 Å². The van der Waals surface area contributed by atoms with Gasteiger partial charge in [-0.25, -0.2) is 14.2 Å². The molecule has 1 fully saturated rings. The molecule has 172 valence electrons. The fraction of sp³-hybridized carbons (Fsp3) is 0.333. The van der Waals surface area contributed by atoms with E-state index in [2.05, 4.69) is 15.3 Å². The molecule has 0 aliphatic carbocycles. The van der Waals surface area contributed by atoms with E-state index < -0.39 is 11.9 Å². The lowest BCUT2D eigenvalue weighted by atomic mass is 10.1. The first-order valence-corrected chi connectivity index (χ1v) is 10.9. The first-order chi connectivity index (χ1) is 15.9. The molecule has 2 heterocycles. The second-order valence-electron chi connectivity index (χ2n) is 8.00. The number of anilines is 2. The molecule has 2 aliphatic rings. The molecule has 4 rings (SSSR count). The molecule has 0 aromatic heterocycles. The molecular formula is C24H25FN4O4. The lowest BCUT2D eigenvalue weighted by Crippen LogP contribution is -2.36. The molecule has 0 spiro atoms. The van der Waals surface area contributed by atoms with Crippen molar-refractivity contribution >= 4 is 34.9 Å². The van der Waals surface area contributed by atoms with Crippen LogP contribution < -0.4 is 10.2 Å². The number of hydrogen-bond donors (Lipinski definition) is 1. The molecule has 0 saturated carbocycles. The molecular weight excluding hydrogens is 427 g/mol. The first-order valence-electron chi connectivity index (χ1n) is 10.9. The van der Waals surface area contributed by atoms with Crippen molar-refractivity contribution in [2.45, 2.75) is 32.2 Å². The summed E-state index contributed by atoms with van der Waals surface area (Å²) >= 11 is 0. The SMILES string of the molecule is COC(=O)c1ccc(N2CCCC2)c(NC(=O)C2=NN(Cc3ccc(F)cc3)C(=O)CC2)c1. The van der Waals surface area contributed by atoms with Gasteiger partial charge in [-0.3, -0.25) is 9.59 Å². The van der Waals surface area contributed by atoms with Crippen LogP contribution in [0.5, 0.6) is 0 Å². The van der Waals surface area contributed by atoms with Crippen LogP contribution in [0.25, 0.3) is 0 Å². The molecule has 1 N–H and O–H groups in total. The fourth-order valence-electron chi connectivity index (χ4n) is 3.96. The van der Waals surface area contributed by atoms with Crippen LogP contribution in [-0.2, 0) is 20.9 Å². The smallest absolute Gasteiger partial charge is 0.337 e. The van der Waals surface area contributed by atoms with Gasteiger partial charge in [-0.15, -0.1) is 0 Å². The predicted octanol–water partition coefficient (Wildman–Crippen LogP) is 3.33. The molecule has 1 saturated heterocycles. The highest BCUT2D eigenvalue weighted by atomic mass is 19.1. The van der Waals surface area contributed by atoms with Gasteiger partial charge < -0.3 is 15.0 Å². The third-order valence-electron chi connectivity index (χ3n) is 5.73. The van der Waals surface area contributed by atoms with E-state index in [0.717, 1.165) is 31.6 Å². The van der Waals surface area contributed by atoms with Gasteiger partial charge in [-0.05, 0) is 48.7 Å². The summed E-state index contributed by atoms with van der Waals surface area (Å²) in [5.41, 5.74) is 2.57. The lowest BCUT2D eigenvalue weighted by Gasteiger charge is -2.25. The number of carbonyl (C=O) groups is 3. The van der Waals surface area contributed by atoms with Crippen LogP contribution in [0, 0.1) is 5.82 Å². The molecule has 0 unspecified atom stereocenters. The molecule has 2 aliphatic heterocycles. The Bertz CT molecular complexity index is 1090. The zero-order chi connectivity index (χ0) is 23.4. The Morgan fingerprint density at radius 1 is 1.09 bits per heavy atom. The largest absolute Gasteiger partial charge is 0.465 e. The standard InChI is InChI=1S/C24H25FN4O4/c1-33-24(32)17-6-10-21(28-12-2-3-13-28)20(14-17)26-23(31)19-9-11-22(30)29(27-19)15-16-4-7-18(25)8-5-16/h4-8,10,14H,2-3,9,11-13,15H2,1H3,(H,26,31). The van der Waals surface area contributed by atoms with E-state index in [-0.39, 0.29) is 36.8 Å². The van der Waals surface area contributed by atoms with Crippen molar-refractivity contribution in [1.82, 2.24) is 5.01 Å². The molecule has 0 atom stereocenters. The summed E-state index contributed by atoms with van der Waals surface area (Å²) in [5.74, 6) is -1.50. The number of nitrogens with zero attached hydrogens (tertiary/aromatic N) is 3. The van der Waals surface area contributed by atoms with Gasteiger partial charge >= 0.3 is 5.97 Å². The highest BCUT2D eigenvalue weighted by molar-refractivity contribution is 6.43. The number of ether oxygens (including phenoxy) is 1. The van der Waals surface area contributed by atoms with E-state index in [1.165, 1.54) is 24.3 Å². The monoisotopic (exact) mass is 452 g/mol. The summed E-state index contributed by atoms with van der Waals surface area (Å²) in [4.78, 5) is 39.6. The number of esters is 1. The second-order valence-corrected chi connectivity index (χ2v) is 8.00. The number of nitrogens with one attached hydrogen (secondary N) is 1. The topological polar surface area (TPSA) is 91.3 Å². The van der Waals surface area contributed by atoms with E-state index in [1.54, 1.807) is 30.3 Å². The minimum Gasteiger partial charge on any atom is -0.465 e. The minimum absolute atomic E-state index is 0.146. The number of carbonyl (C=O) groups excluding carboxylic acids is 3. The van der Waals surface area contributed by atoms with Crippen LogP contribution >= 0.6 is 0 Å². The highest BCUT2D eigenvalue weighted by Crippen LogP contribution is 2.30. The number of halogens is 1. The van der Waals surface area contributed by atoms with E-state index in [0.29, 0.717) is 16.8 Å². The number of hydrogen-bond acceptors (Lipinski definition) is 6. The molecule has 2 amide bonds. The lowest BCUT2D eigenvalue weighted by molar-refractivity contribution is -0.132. The van der Waals surface area contributed by atoms with Gasteiger partial charge in [0, 0.05) is 25.9 Å². The molecule has 9 heteroatoms. The van der Waals surface area contributed by atoms with Crippen molar-refractivity contribution in [1.29, 1.82) is 0 Å². The number of rotatable bonds is 6. The van der Waals surface area contributed by atoms with Gasteiger partial charge in [0.15, 0.2) is 0 Å². The molecule has 0 bridgehead atoms. The third-order valence-corrected chi connectivity index (χ3v) is 5.73. The Kier molecular flexibility index (Phi) is 6.67. The van der Waals surface area contributed by atoms with E-state index in [1.807, 2.05) is 0 Å². The predicted molar refractivity (Wildman–Crippen MR) is 121 cm³/mol. The average Bonchev–Trinajstić information content (AvgIpc) is 3.36.